The van der Waals surface area contributed by atoms with Gasteiger partial charge in [-0.1, -0.05) is 60.2 Å². The number of hydrogen-bond donors (Lipinski definition) is 1. The quantitative estimate of drug-likeness (QED) is 0.851. The molecule has 2 aromatic carbocycles. The van der Waals surface area contributed by atoms with Crippen molar-refractivity contribution in [2.24, 2.45) is 0 Å². The van der Waals surface area contributed by atoms with Crippen LogP contribution < -0.4 is 5.32 Å². The van der Waals surface area contributed by atoms with Crippen LogP contribution in [0.1, 0.15) is 23.6 Å². The number of amides is 2. The lowest BCUT2D eigenvalue weighted by Crippen LogP contribution is -2.39. The van der Waals surface area contributed by atoms with Crippen molar-refractivity contribution < 1.29 is 9.59 Å². The van der Waals surface area contributed by atoms with E-state index in [0.29, 0.717) is 13.1 Å². The maximum absolute atomic E-state index is 12.1. The molecule has 2 amide bonds. The van der Waals surface area contributed by atoms with E-state index >= 15 is 0 Å². The van der Waals surface area contributed by atoms with Gasteiger partial charge in [-0.2, -0.15) is 0 Å². The summed E-state index contributed by atoms with van der Waals surface area (Å²) in [5.41, 5.74) is 3.38. The van der Waals surface area contributed by atoms with Crippen LogP contribution in [0.15, 0.2) is 54.6 Å². The first-order valence-corrected chi connectivity index (χ1v) is 8.16. The number of aryl methyl sites for hydroxylation is 1. The Morgan fingerprint density at radius 1 is 0.958 bits per heavy atom. The summed E-state index contributed by atoms with van der Waals surface area (Å²) in [6.45, 7) is 4.61. The van der Waals surface area contributed by atoms with Gasteiger partial charge in [0, 0.05) is 20.0 Å². The molecule has 2 rings (SSSR count). The molecular weight excluding hydrogens is 300 g/mol. The minimum absolute atomic E-state index is 0.0813. The molecule has 0 spiro atoms. The Hall–Kier alpha value is -2.62. The Bertz CT molecular complexity index is 666. The van der Waals surface area contributed by atoms with Gasteiger partial charge >= 0.3 is 0 Å². The zero-order valence-electron chi connectivity index (χ0n) is 14.3. The summed E-state index contributed by atoms with van der Waals surface area (Å²) in [5.74, 6) is -0.234. The Labute approximate surface area is 143 Å². The third-order valence-corrected chi connectivity index (χ3v) is 3.85. The van der Waals surface area contributed by atoms with E-state index < -0.39 is 0 Å². The van der Waals surface area contributed by atoms with Gasteiger partial charge in [-0.15, -0.1) is 0 Å². The Morgan fingerprint density at radius 3 is 2.25 bits per heavy atom. The van der Waals surface area contributed by atoms with Crippen LogP contribution in [-0.4, -0.2) is 29.8 Å². The van der Waals surface area contributed by atoms with Crippen LogP contribution in [0.5, 0.6) is 0 Å². The molecule has 0 aliphatic rings. The van der Waals surface area contributed by atoms with E-state index in [-0.39, 0.29) is 18.4 Å². The Morgan fingerprint density at radius 2 is 1.62 bits per heavy atom. The predicted octanol–water partition coefficient (Wildman–Crippen LogP) is 2.70. The smallest absolute Gasteiger partial charge is 0.239 e. The zero-order valence-corrected chi connectivity index (χ0v) is 14.3. The van der Waals surface area contributed by atoms with Crippen LogP contribution in [-0.2, 0) is 22.6 Å². The summed E-state index contributed by atoms with van der Waals surface area (Å²) in [7, 11) is 0. The molecule has 0 radical (unpaired) electrons. The fourth-order valence-corrected chi connectivity index (χ4v) is 2.41. The first kappa shape index (κ1) is 17.7. The molecule has 0 saturated carbocycles. The highest BCUT2D eigenvalue weighted by Crippen LogP contribution is 2.07. The van der Waals surface area contributed by atoms with Crippen molar-refractivity contribution in [1.82, 2.24) is 10.2 Å². The van der Waals surface area contributed by atoms with E-state index in [0.717, 1.165) is 12.0 Å². The molecule has 126 valence electrons. The minimum atomic E-state index is -0.131. The third-order valence-electron chi connectivity index (χ3n) is 3.85. The molecule has 1 N–H and O–H groups in total. The summed E-state index contributed by atoms with van der Waals surface area (Å²) < 4.78 is 0. The second-order valence-corrected chi connectivity index (χ2v) is 5.95. The van der Waals surface area contributed by atoms with Gasteiger partial charge in [0.2, 0.25) is 11.8 Å². The highest BCUT2D eigenvalue weighted by molar-refractivity contribution is 5.83. The van der Waals surface area contributed by atoms with E-state index in [1.165, 1.54) is 18.1 Å². The minimum Gasteiger partial charge on any atom is -0.354 e. The van der Waals surface area contributed by atoms with E-state index in [9.17, 15) is 9.59 Å². The molecule has 0 bridgehead atoms. The lowest BCUT2D eigenvalue weighted by molar-refractivity contribution is -0.134. The number of hydrogen-bond acceptors (Lipinski definition) is 2. The van der Waals surface area contributed by atoms with Gasteiger partial charge in [0.05, 0.1) is 6.54 Å². The van der Waals surface area contributed by atoms with Crippen molar-refractivity contribution >= 4 is 11.8 Å². The molecule has 0 fully saturated rings. The molecule has 24 heavy (non-hydrogen) atoms. The highest BCUT2D eigenvalue weighted by atomic mass is 16.2. The Balaban J connectivity index is 1.82. The van der Waals surface area contributed by atoms with Gasteiger partial charge in [-0.3, -0.25) is 9.59 Å². The van der Waals surface area contributed by atoms with Gasteiger partial charge in [0.15, 0.2) is 0 Å². The van der Waals surface area contributed by atoms with Gasteiger partial charge in [0.25, 0.3) is 0 Å². The molecule has 4 heteroatoms. The van der Waals surface area contributed by atoms with Crippen molar-refractivity contribution in [3.05, 3.63) is 71.3 Å². The fraction of sp³-hybridized carbons (Fsp3) is 0.300. The van der Waals surface area contributed by atoms with Crippen molar-refractivity contribution in [2.75, 3.05) is 13.1 Å². The normalized spacial score (nSPS) is 10.2. The summed E-state index contributed by atoms with van der Waals surface area (Å²) in [6.07, 6.45) is 0.782. The maximum atomic E-state index is 12.1. The molecule has 0 aliphatic carbocycles. The number of nitrogens with zero attached hydrogens (tertiary/aromatic N) is 1. The van der Waals surface area contributed by atoms with Gasteiger partial charge < -0.3 is 10.2 Å². The standard InChI is InChI=1S/C20H24N2O2/c1-16-8-10-19(11-9-16)14-22(17(2)23)15-20(24)21-13-12-18-6-4-3-5-7-18/h3-11H,12-15H2,1-2H3,(H,21,24). The molecule has 0 aromatic heterocycles. The van der Waals surface area contributed by atoms with Crippen LogP contribution in [0.4, 0.5) is 0 Å². The lowest BCUT2D eigenvalue weighted by Gasteiger charge is -2.20. The average Bonchev–Trinajstić information content (AvgIpc) is 2.57. The van der Waals surface area contributed by atoms with Crippen molar-refractivity contribution in [3.63, 3.8) is 0 Å². The largest absolute Gasteiger partial charge is 0.354 e. The summed E-state index contributed by atoms with van der Waals surface area (Å²) in [6, 6.07) is 18.0. The number of benzene rings is 2. The maximum Gasteiger partial charge on any atom is 0.239 e. The fourth-order valence-electron chi connectivity index (χ4n) is 2.41. The summed E-state index contributed by atoms with van der Waals surface area (Å²) >= 11 is 0. The van der Waals surface area contributed by atoms with Gasteiger partial charge in [-0.25, -0.2) is 0 Å². The summed E-state index contributed by atoms with van der Waals surface area (Å²) in [4.78, 5) is 25.4. The highest BCUT2D eigenvalue weighted by Gasteiger charge is 2.13. The third kappa shape index (κ3) is 5.88. The number of rotatable bonds is 7. The van der Waals surface area contributed by atoms with Crippen LogP contribution in [0.3, 0.4) is 0 Å². The number of carbonyl (C=O) groups is 2. The molecule has 0 unspecified atom stereocenters. The Kier molecular flexibility index (Phi) is 6.55. The van der Waals surface area contributed by atoms with E-state index in [4.69, 9.17) is 0 Å². The monoisotopic (exact) mass is 324 g/mol. The van der Waals surface area contributed by atoms with E-state index in [2.05, 4.69) is 5.32 Å². The molecular formula is C20H24N2O2. The van der Waals surface area contributed by atoms with Gasteiger partial charge in [0.1, 0.15) is 0 Å². The lowest BCUT2D eigenvalue weighted by atomic mass is 10.1. The first-order valence-electron chi connectivity index (χ1n) is 8.16. The van der Waals surface area contributed by atoms with Crippen molar-refractivity contribution in [2.45, 2.75) is 26.8 Å². The number of nitrogens with one attached hydrogen (secondary N) is 1. The zero-order chi connectivity index (χ0) is 17.4. The van der Waals surface area contributed by atoms with Crippen LogP contribution >= 0.6 is 0 Å². The second-order valence-electron chi connectivity index (χ2n) is 5.95. The first-order chi connectivity index (χ1) is 11.5. The second kappa shape index (κ2) is 8.87. The molecule has 0 aliphatic heterocycles. The van der Waals surface area contributed by atoms with Crippen LogP contribution in [0.2, 0.25) is 0 Å². The van der Waals surface area contributed by atoms with Crippen molar-refractivity contribution in [3.8, 4) is 0 Å². The molecule has 4 nitrogen and oxygen atoms in total. The number of carbonyl (C=O) groups excluding carboxylic acids is 2. The van der Waals surface area contributed by atoms with Crippen molar-refractivity contribution in [1.29, 1.82) is 0 Å². The van der Waals surface area contributed by atoms with Crippen LogP contribution in [0, 0.1) is 6.92 Å². The molecule has 0 heterocycles. The van der Waals surface area contributed by atoms with E-state index in [1.807, 2.05) is 61.5 Å². The summed E-state index contributed by atoms with van der Waals surface area (Å²) in [5, 5.41) is 2.88. The topological polar surface area (TPSA) is 49.4 Å². The molecule has 0 atom stereocenters. The SMILES string of the molecule is CC(=O)N(CC(=O)NCCc1ccccc1)Cc1ccc(C)cc1. The van der Waals surface area contributed by atoms with Crippen LogP contribution in [0.25, 0.3) is 0 Å². The van der Waals surface area contributed by atoms with Gasteiger partial charge in [-0.05, 0) is 24.5 Å². The molecule has 0 saturated heterocycles. The molecule has 2 aromatic rings. The predicted molar refractivity (Wildman–Crippen MR) is 95.4 cm³/mol. The van der Waals surface area contributed by atoms with E-state index in [1.54, 1.807) is 4.90 Å². The average molecular weight is 324 g/mol.